The van der Waals surface area contributed by atoms with Gasteiger partial charge in [0.1, 0.15) is 0 Å². The second-order valence-corrected chi connectivity index (χ2v) is 9.05. The third kappa shape index (κ3) is 3.91. The van der Waals surface area contributed by atoms with Crippen molar-refractivity contribution in [1.82, 2.24) is 15.4 Å². The molecular formula is C18H20Cl2N4O2S. The summed E-state index contributed by atoms with van der Waals surface area (Å²) in [5, 5.41) is 12.8. The summed E-state index contributed by atoms with van der Waals surface area (Å²) in [7, 11) is 0. The van der Waals surface area contributed by atoms with Gasteiger partial charge in [0.05, 0.1) is 16.7 Å². The Kier molecular flexibility index (Phi) is 5.53. The molecule has 27 heavy (non-hydrogen) atoms. The number of H-pyrrole nitrogens is 1. The Hall–Kier alpha value is -1.44. The van der Waals surface area contributed by atoms with E-state index in [4.69, 9.17) is 27.9 Å². The van der Waals surface area contributed by atoms with Crippen LogP contribution >= 0.6 is 35.0 Å². The van der Waals surface area contributed by atoms with Crippen molar-refractivity contribution in [2.45, 2.75) is 30.0 Å². The van der Waals surface area contributed by atoms with Gasteiger partial charge in [-0.2, -0.15) is 0 Å². The average molecular weight is 427 g/mol. The van der Waals surface area contributed by atoms with E-state index < -0.39 is 5.97 Å². The first kappa shape index (κ1) is 18.9. The minimum Gasteiger partial charge on any atom is -0.461 e. The monoisotopic (exact) mass is 426 g/mol. The third-order valence-electron chi connectivity index (χ3n) is 5.25. The number of aromatic amines is 1. The van der Waals surface area contributed by atoms with Crippen molar-refractivity contribution in [1.29, 1.82) is 0 Å². The van der Waals surface area contributed by atoms with E-state index in [1.807, 2.05) is 18.2 Å². The lowest BCUT2D eigenvalue weighted by Crippen LogP contribution is -2.22. The first-order chi connectivity index (χ1) is 13.0. The third-order valence-corrected chi connectivity index (χ3v) is 7.22. The Morgan fingerprint density at radius 3 is 2.70 bits per heavy atom. The van der Waals surface area contributed by atoms with Crippen molar-refractivity contribution in [3.8, 4) is 0 Å². The predicted molar refractivity (Wildman–Crippen MR) is 107 cm³/mol. The maximum absolute atomic E-state index is 12.0. The van der Waals surface area contributed by atoms with Crippen LogP contribution in [0.4, 0.5) is 5.69 Å². The van der Waals surface area contributed by atoms with Gasteiger partial charge in [0.25, 0.3) is 0 Å². The van der Waals surface area contributed by atoms with Crippen molar-refractivity contribution in [3.63, 3.8) is 0 Å². The smallest absolute Gasteiger partial charge is 0.359 e. The van der Waals surface area contributed by atoms with Gasteiger partial charge in [-0.05, 0) is 49.8 Å². The quantitative estimate of drug-likeness (QED) is 0.718. The van der Waals surface area contributed by atoms with Gasteiger partial charge in [-0.3, -0.25) is 5.10 Å². The normalized spacial score (nSPS) is 24.3. The van der Waals surface area contributed by atoms with Gasteiger partial charge < -0.3 is 9.64 Å². The number of fused-ring (bicyclic) bond motifs is 1. The molecule has 1 N–H and O–H groups in total. The molecule has 0 bridgehead atoms. The number of hydrogen-bond donors (Lipinski definition) is 1. The second-order valence-electron chi connectivity index (χ2n) is 6.95. The lowest BCUT2D eigenvalue weighted by molar-refractivity contribution is 0.0515. The summed E-state index contributed by atoms with van der Waals surface area (Å²) in [6, 6.07) is 5.83. The van der Waals surface area contributed by atoms with Gasteiger partial charge in [-0.25, -0.2) is 4.79 Å². The van der Waals surface area contributed by atoms with Crippen molar-refractivity contribution in [2.24, 2.45) is 11.8 Å². The van der Waals surface area contributed by atoms with Crippen LogP contribution in [0.25, 0.3) is 0 Å². The molecule has 9 heteroatoms. The molecule has 0 amide bonds. The zero-order chi connectivity index (χ0) is 19.0. The van der Waals surface area contributed by atoms with Crippen molar-refractivity contribution in [3.05, 3.63) is 33.9 Å². The zero-order valence-corrected chi connectivity index (χ0v) is 17.2. The number of carbonyl (C=O) groups is 1. The minimum atomic E-state index is -0.394. The Labute approximate surface area is 171 Å². The fourth-order valence-corrected chi connectivity index (χ4v) is 5.66. The number of thioether (sulfide) groups is 1. The molecule has 3 atom stereocenters. The van der Waals surface area contributed by atoms with Crippen LogP contribution in [0.5, 0.6) is 0 Å². The molecular weight excluding hydrogens is 407 g/mol. The Morgan fingerprint density at radius 1 is 1.30 bits per heavy atom. The van der Waals surface area contributed by atoms with Crippen LogP contribution in [0.2, 0.25) is 10.0 Å². The van der Waals surface area contributed by atoms with E-state index in [0.29, 0.717) is 44.5 Å². The first-order valence-electron chi connectivity index (χ1n) is 9.00. The van der Waals surface area contributed by atoms with E-state index in [2.05, 4.69) is 20.3 Å². The molecule has 1 aliphatic carbocycles. The zero-order valence-electron chi connectivity index (χ0n) is 14.8. The van der Waals surface area contributed by atoms with Gasteiger partial charge in [-0.15, -0.1) is 5.10 Å². The molecule has 0 unspecified atom stereocenters. The molecule has 2 aromatic rings. The number of carbonyl (C=O) groups excluding carboxylic acids is 1. The van der Waals surface area contributed by atoms with E-state index in [1.165, 1.54) is 0 Å². The van der Waals surface area contributed by atoms with Gasteiger partial charge in [-0.1, -0.05) is 40.2 Å². The number of nitrogens with zero attached hydrogens (tertiary/aromatic N) is 3. The van der Waals surface area contributed by atoms with Crippen LogP contribution in [0, 0.1) is 11.8 Å². The van der Waals surface area contributed by atoms with Gasteiger partial charge >= 0.3 is 5.97 Å². The molecule has 144 valence electrons. The van der Waals surface area contributed by atoms with Crippen molar-refractivity contribution < 1.29 is 9.53 Å². The highest BCUT2D eigenvalue weighted by atomic mass is 35.5. The summed E-state index contributed by atoms with van der Waals surface area (Å²) in [6.45, 7) is 4.15. The fraction of sp³-hybridized carbons (Fsp3) is 0.500. The van der Waals surface area contributed by atoms with Gasteiger partial charge in [0.2, 0.25) is 0 Å². The Bertz CT molecular complexity index is 833. The highest BCUT2D eigenvalue weighted by molar-refractivity contribution is 7.99. The Morgan fingerprint density at radius 2 is 2.04 bits per heavy atom. The maximum atomic E-state index is 12.0. The van der Waals surface area contributed by atoms with E-state index in [0.717, 1.165) is 31.6 Å². The SMILES string of the molecule is CCOC(=O)c1[nH]nnc1S[C@H]1C[C@@H]2CN(c3ccc(Cl)c(Cl)c3)C[C@@H]2C1. The van der Waals surface area contributed by atoms with E-state index in [1.54, 1.807) is 18.7 Å². The van der Waals surface area contributed by atoms with Crippen LogP contribution < -0.4 is 4.90 Å². The van der Waals surface area contributed by atoms with Crippen molar-refractivity contribution in [2.75, 3.05) is 24.6 Å². The van der Waals surface area contributed by atoms with E-state index >= 15 is 0 Å². The molecule has 6 nitrogen and oxygen atoms in total. The highest BCUT2D eigenvalue weighted by Gasteiger charge is 2.42. The van der Waals surface area contributed by atoms with Gasteiger partial charge in [0.15, 0.2) is 10.7 Å². The highest BCUT2D eigenvalue weighted by Crippen LogP contribution is 2.46. The summed E-state index contributed by atoms with van der Waals surface area (Å²) < 4.78 is 5.06. The molecule has 1 aromatic carbocycles. The predicted octanol–water partition coefficient (Wildman–Crippen LogP) is 4.30. The van der Waals surface area contributed by atoms with Crippen molar-refractivity contribution >= 4 is 46.6 Å². The summed E-state index contributed by atoms with van der Waals surface area (Å²) in [5.74, 6) is 0.874. The molecule has 0 radical (unpaired) electrons. The van der Waals surface area contributed by atoms with E-state index in [9.17, 15) is 4.79 Å². The lowest BCUT2D eigenvalue weighted by atomic mass is 10.0. The first-order valence-corrected chi connectivity index (χ1v) is 10.6. The number of halogens is 2. The number of hydrogen-bond acceptors (Lipinski definition) is 6. The summed E-state index contributed by atoms with van der Waals surface area (Å²) >= 11 is 13.8. The Balaban J connectivity index is 1.37. The molecule has 2 aliphatic rings. The number of ether oxygens (including phenoxy) is 1. The number of esters is 1. The second kappa shape index (κ2) is 7.89. The van der Waals surface area contributed by atoms with E-state index in [-0.39, 0.29) is 0 Å². The van der Waals surface area contributed by atoms with Gasteiger partial charge in [0, 0.05) is 24.0 Å². The largest absolute Gasteiger partial charge is 0.461 e. The summed E-state index contributed by atoms with van der Waals surface area (Å²) in [6.07, 6.45) is 2.20. The van der Waals surface area contributed by atoms with Crippen LogP contribution in [0.1, 0.15) is 30.3 Å². The number of rotatable bonds is 5. The molecule has 1 saturated heterocycles. The molecule has 1 aliphatic heterocycles. The summed E-state index contributed by atoms with van der Waals surface area (Å²) in [4.78, 5) is 14.4. The molecule has 1 saturated carbocycles. The van der Waals surface area contributed by atoms with Crippen LogP contribution in [-0.2, 0) is 4.74 Å². The molecule has 2 heterocycles. The lowest BCUT2D eigenvalue weighted by Gasteiger charge is -2.21. The number of nitrogens with one attached hydrogen (secondary N) is 1. The number of aromatic nitrogens is 3. The number of benzene rings is 1. The molecule has 4 rings (SSSR count). The van der Waals surface area contributed by atoms with Crippen LogP contribution in [0.3, 0.4) is 0 Å². The minimum absolute atomic E-state index is 0.333. The fourth-order valence-electron chi connectivity index (χ4n) is 4.03. The van der Waals surface area contributed by atoms with Crippen LogP contribution in [0.15, 0.2) is 23.2 Å². The topological polar surface area (TPSA) is 71.1 Å². The number of anilines is 1. The molecule has 0 spiro atoms. The maximum Gasteiger partial charge on any atom is 0.359 e. The standard InChI is InChI=1S/C18H20Cl2N4O2S/c1-2-26-18(25)16-17(22-23-21-16)27-13-5-10-8-24(9-11(10)6-13)12-3-4-14(19)15(20)7-12/h3-4,7,10-11,13H,2,5-6,8-9H2,1H3,(H,21,22,23)/t10-,11+,13+. The summed E-state index contributed by atoms with van der Waals surface area (Å²) in [5.41, 5.74) is 1.49. The van der Waals surface area contributed by atoms with Crippen LogP contribution in [-0.4, -0.2) is 46.3 Å². The molecule has 1 aromatic heterocycles. The molecule has 2 fully saturated rings. The average Bonchev–Trinajstić information content (AvgIpc) is 3.32.